The first kappa shape index (κ1) is 12.8. The van der Waals surface area contributed by atoms with Gasteiger partial charge in [-0.2, -0.15) is 0 Å². The van der Waals surface area contributed by atoms with Gasteiger partial charge in [0.2, 0.25) is 6.29 Å². The Bertz CT molecular complexity index is 290. The third-order valence-corrected chi connectivity index (χ3v) is 2.49. The molecule has 1 aromatic carbocycles. The van der Waals surface area contributed by atoms with Crippen LogP contribution >= 0.6 is 0 Å². The number of hydrogen-bond acceptors (Lipinski definition) is 2. The molecule has 0 fully saturated rings. The van der Waals surface area contributed by atoms with E-state index in [0.717, 1.165) is 18.8 Å². The molecule has 0 bridgehead atoms. The Morgan fingerprint density at radius 1 is 1.06 bits per heavy atom. The molecule has 0 heterocycles. The first-order chi connectivity index (χ1) is 7.86. The molecule has 0 aromatic heterocycles. The molecule has 87 valence electrons. The van der Waals surface area contributed by atoms with Crippen LogP contribution in [0.3, 0.4) is 0 Å². The van der Waals surface area contributed by atoms with Gasteiger partial charge in [0.25, 0.3) is 0 Å². The predicted molar refractivity (Wildman–Crippen MR) is 65.5 cm³/mol. The molecule has 0 unspecified atom stereocenters. The zero-order valence-electron chi connectivity index (χ0n) is 9.87. The van der Waals surface area contributed by atoms with Crippen molar-refractivity contribution in [2.24, 2.45) is 0 Å². The minimum atomic E-state index is 0.565. The van der Waals surface area contributed by atoms with Crippen LogP contribution in [0.2, 0.25) is 0 Å². The van der Waals surface area contributed by atoms with Gasteiger partial charge in [0.15, 0.2) is 0 Å². The van der Waals surface area contributed by atoms with Crippen LogP contribution in [-0.2, 0) is 4.79 Å². The van der Waals surface area contributed by atoms with Gasteiger partial charge in [-0.3, -0.25) is 4.79 Å². The molecule has 0 amide bonds. The molecule has 2 heteroatoms. The van der Waals surface area contributed by atoms with Gasteiger partial charge >= 0.3 is 0 Å². The molecule has 0 aliphatic carbocycles. The Hall–Kier alpha value is -1.31. The second-order valence-electron chi connectivity index (χ2n) is 3.89. The quantitative estimate of drug-likeness (QED) is 0.625. The topological polar surface area (TPSA) is 26.3 Å². The van der Waals surface area contributed by atoms with E-state index in [9.17, 15) is 4.79 Å². The third kappa shape index (κ3) is 4.96. The standard InChI is InChI=1S/C14H19O2/c1-2-3-4-5-6-11-16-14-9-7-13(12-15)8-10-14/h7-10H,2-6,11H2,1H3. The van der Waals surface area contributed by atoms with Gasteiger partial charge in [-0.1, -0.05) is 32.6 Å². The summed E-state index contributed by atoms with van der Waals surface area (Å²) in [5, 5.41) is 0. The van der Waals surface area contributed by atoms with Crippen molar-refractivity contribution in [3.8, 4) is 5.75 Å². The van der Waals surface area contributed by atoms with Gasteiger partial charge in [-0.15, -0.1) is 0 Å². The zero-order chi connectivity index (χ0) is 11.6. The summed E-state index contributed by atoms with van der Waals surface area (Å²) in [5.41, 5.74) is 0.565. The van der Waals surface area contributed by atoms with Gasteiger partial charge in [-0.25, -0.2) is 0 Å². The zero-order valence-corrected chi connectivity index (χ0v) is 9.87. The molecular weight excluding hydrogens is 200 g/mol. The smallest absolute Gasteiger partial charge is 0.233 e. The highest BCUT2D eigenvalue weighted by atomic mass is 16.5. The first-order valence-electron chi connectivity index (χ1n) is 5.98. The second-order valence-corrected chi connectivity index (χ2v) is 3.89. The fraction of sp³-hybridized carbons (Fsp3) is 0.500. The molecule has 1 aromatic rings. The SMILES string of the molecule is CCCCCCCOc1ccc([C]=O)cc1. The van der Waals surface area contributed by atoms with Crippen LogP contribution in [0.15, 0.2) is 24.3 Å². The molecular formula is C14H19O2. The summed E-state index contributed by atoms with van der Waals surface area (Å²) in [6.07, 6.45) is 8.04. The van der Waals surface area contributed by atoms with Crippen molar-refractivity contribution in [3.05, 3.63) is 29.8 Å². The summed E-state index contributed by atoms with van der Waals surface area (Å²) in [5.74, 6) is 0.828. The highest BCUT2D eigenvalue weighted by Gasteiger charge is 1.95. The van der Waals surface area contributed by atoms with E-state index in [1.807, 2.05) is 18.4 Å². The van der Waals surface area contributed by atoms with E-state index in [-0.39, 0.29) is 0 Å². The lowest BCUT2D eigenvalue weighted by molar-refractivity contribution is 0.304. The second kappa shape index (κ2) is 7.91. The minimum Gasteiger partial charge on any atom is -0.494 e. The Kier molecular flexibility index (Phi) is 6.31. The Morgan fingerprint density at radius 3 is 2.38 bits per heavy atom. The van der Waals surface area contributed by atoms with Crippen LogP contribution < -0.4 is 4.74 Å². The van der Waals surface area contributed by atoms with E-state index in [4.69, 9.17) is 4.74 Å². The summed E-state index contributed by atoms with van der Waals surface area (Å²) >= 11 is 0. The molecule has 0 spiro atoms. The average molecular weight is 219 g/mol. The van der Waals surface area contributed by atoms with Gasteiger partial charge < -0.3 is 4.74 Å². The molecule has 0 aliphatic rings. The fourth-order valence-electron chi connectivity index (χ4n) is 1.51. The van der Waals surface area contributed by atoms with Crippen LogP contribution in [0.25, 0.3) is 0 Å². The van der Waals surface area contributed by atoms with Gasteiger partial charge in [0.05, 0.1) is 6.61 Å². The lowest BCUT2D eigenvalue weighted by atomic mass is 10.2. The van der Waals surface area contributed by atoms with Crippen LogP contribution in [0.1, 0.15) is 44.6 Å². The Morgan fingerprint density at radius 2 is 1.75 bits per heavy atom. The molecule has 0 saturated carbocycles. The number of carbonyl (C=O) groups excluding carboxylic acids is 1. The van der Waals surface area contributed by atoms with Crippen LogP contribution in [0.4, 0.5) is 0 Å². The number of hydrogen-bond donors (Lipinski definition) is 0. The number of unbranched alkanes of at least 4 members (excludes halogenated alkanes) is 4. The molecule has 1 radical (unpaired) electrons. The van der Waals surface area contributed by atoms with Crippen LogP contribution in [-0.4, -0.2) is 12.9 Å². The van der Waals surface area contributed by atoms with E-state index in [2.05, 4.69) is 6.92 Å². The summed E-state index contributed by atoms with van der Waals surface area (Å²) in [6.45, 7) is 2.97. The van der Waals surface area contributed by atoms with Crippen molar-refractivity contribution in [3.63, 3.8) is 0 Å². The molecule has 0 saturated heterocycles. The van der Waals surface area contributed by atoms with Crippen molar-refractivity contribution >= 4 is 6.29 Å². The van der Waals surface area contributed by atoms with E-state index >= 15 is 0 Å². The normalized spacial score (nSPS) is 10.1. The molecule has 2 nitrogen and oxygen atoms in total. The molecule has 0 aliphatic heterocycles. The number of benzene rings is 1. The lowest BCUT2D eigenvalue weighted by Gasteiger charge is -2.05. The average Bonchev–Trinajstić information content (AvgIpc) is 2.34. The van der Waals surface area contributed by atoms with Crippen LogP contribution in [0, 0.1) is 0 Å². The molecule has 0 atom stereocenters. The largest absolute Gasteiger partial charge is 0.494 e. The fourth-order valence-corrected chi connectivity index (χ4v) is 1.51. The van der Waals surface area contributed by atoms with Crippen LogP contribution in [0.5, 0.6) is 5.75 Å². The predicted octanol–water partition coefficient (Wildman–Crippen LogP) is 3.49. The monoisotopic (exact) mass is 219 g/mol. The highest BCUT2D eigenvalue weighted by Crippen LogP contribution is 2.12. The van der Waals surface area contributed by atoms with Gasteiger partial charge in [0.1, 0.15) is 5.75 Å². The van der Waals surface area contributed by atoms with E-state index in [1.165, 1.54) is 25.7 Å². The summed E-state index contributed by atoms with van der Waals surface area (Å²) in [6, 6.07) is 7.07. The Balaban J connectivity index is 2.14. The Labute approximate surface area is 97.6 Å². The van der Waals surface area contributed by atoms with E-state index < -0.39 is 0 Å². The maximum atomic E-state index is 10.3. The number of ether oxygens (including phenoxy) is 1. The first-order valence-corrected chi connectivity index (χ1v) is 5.98. The van der Waals surface area contributed by atoms with Crippen molar-refractivity contribution < 1.29 is 9.53 Å². The van der Waals surface area contributed by atoms with Gasteiger partial charge in [0, 0.05) is 5.56 Å². The van der Waals surface area contributed by atoms with Crippen molar-refractivity contribution in [2.45, 2.75) is 39.0 Å². The van der Waals surface area contributed by atoms with Gasteiger partial charge in [-0.05, 0) is 30.7 Å². The van der Waals surface area contributed by atoms with Crippen molar-refractivity contribution in [1.29, 1.82) is 0 Å². The summed E-state index contributed by atoms with van der Waals surface area (Å²) < 4.78 is 5.56. The molecule has 1 rings (SSSR count). The van der Waals surface area contributed by atoms with E-state index in [1.54, 1.807) is 12.1 Å². The van der Waals surface area contributed by atoms with E-state index in [0.29, 0.717) is 5.56 Å². The summed E-state index contributed by atoms with van der Waals surface area (Å²) in [4.78, 5) is 10.3. The molecule has 0 N–H and O–H groups in total. The molecule has 16 heavy (non-hydrogen) atoms. The van der Waals surface area contributed by atoms with Crippen molar-refractivity contribution in [1.82, 2.24) is 0 Å². The minimum absolute atomic E-state index is 0.565. The summed E-state index contributed by atoms with van der Waals surface area (Å²) in [7, 11) is 0. The number of rotatable bonds is 8. The third-order valence-electron chi connectivity index (χ3n) is 2.49. The maximum absolute atomic E-state index is 10.3. The lowest BCUT2D eigenvalue weighted by Crippen LogP contribution is -1.97. The maximum Gasteiger partial charge on any atom is 0.233 e. The highest BCUT2D eigenvalue weighted by molar-refractivity contribution is 5.75. The van der Waals surface area contributed by atoms with Crippen molar-refractivity contribution in [2.75, 3.05) is 6.61 Å².